The number of nitrogens with two attached hydrogens (primary N) is 1. The van der Waals surface area contributed by atoms with E-state index in [-0.39, 0.29) is 11.4 Å². The highest BCUT2D eigenvalue weighted by Gasteiger charge is 2.20. The Kier molecular flexibility index (Phi) is 4.32. The Morgan fingerprint density at radius 3 is 2.42 bits per heavy atom. The first kappa shape index (κ1) is 14.2. The van der Waals surface area contributed by atoms with Crippen molar-refractivity contribution in [3.63, 3.8) is 0 Å². The molecule has 0 amide bonds. The molecule has 1 atom stereocenters. The van der Waals surface area contributed by atoms with Gasteiger partial charge in [-0.1, -0.05) is 12.1 Å². The van der Waals surface area contributed by atoms with E-state index in [2.05, 4.69) is 20.9 Å². The third-order valence-corrected chi connectivity index (χ3v) is 3.32. The van der Waals surface area contributed by atoms with E-state index in [1.165, 1.54) is 12.1 Å². The first-order valence-electron chi connectivity index (χ1n) is 6.07. The molecule has 4 heteroatoms. The third-order valence-electron chi connectivity index (χ3n) is 2.89. The van der Waals surface area contributed by atoms with Crippen LogP contribution in [0.15, 0.2) is 47.2 Å². The Bertz CT molecular complexity index is 552. The Morgan fingerprint density at radius 1 is 1.16 bits per heavy atom. The molecule has 0 fully saturated rings. The number of halogens is 2. The molecule has 0 radical (unpaired) electrons. The van der Waals surface area contributed by atoms with E-state index in [0.29, 0.717) is 6.42 Å². The number of hydrogen-bond acceptors (Lipinski definition) is 2. The minimum atomic E-state index is -0.389. The Morgan fingerprint density at radius 2 is 1.79 bits per heavy atom. The maximum absolute atomic E-state index is 12.9. The van der Waals surface area contributed by atoms with Crippen LogP contribution in [-0.4, -0.2) is 10.5 Å². The second-order valence-corrected chi connectivity index (χ2v) is 6.06. The highest BCUT2D eigenvalue weighted by Crippen LogP contribution is 2.18. The van der Waals surface area contributed by atoms with Crippen LogP contribution >= 0.6 is 15.9 Å². The van der Waals surface area contributed by atoms with Gasteiger partial charge in [0.15, 0.2) is 0 Å². The van der Waals surface area contributed by atoms with Crippen LogP contribution in [0.4, 0.5) is 4.39 Å². The zero-order valence-electron chi connectivity index (χ0n) is 10.7. The van der Waals surface area contributed by atoms with Crippen molar-refractivity contribution >= 4 is 15.9 Å². The second kappa shape index (κ2) is 5.80. The molecule has 1 aromatic carbocycles. The Hall–Kier alpha value is -1.26. The molecule has 0 spiro atoms. The Labute approximate surface area is 121 Å². The molecule has 1 heterocycles. The van der Waals surface area contributed by atoms with Gasteiger partial charge >= 0.3 is 0 Å². The normalized spacial score (nSPS) is 14.1. The van der Waals surface area contributed by atoms with Crippen molar-refractivity contribution in [3.8, 4) is 0 Å². The van der Waals surface area contributed by atoms with Crippen LogP contribution in [0.3, 0.4) is 0 Å². The lowest BCUT2D eigenvalue weighted by molar-refractivity contribution is 0.462. The van der Waals surface area contributed by atoms with Crippen LogP contribution in [0, 0.1) is 5.82 Å². The number of benzene rings is 1. The van der Waals surface area contributed by atoms with Crippen molar-refractivity contribution in [1.82, 2.24) is 4.98 Å². The van der Waals surface area contributed by atoms with Crippen molar-refractivity contribution in [1.29, 1.82) is 0 Å². The number of aromatic nitrogens is 1. The minimum absolute atomic E-state index is 0.223. The summed E-state index contributed by atoms with van der Waals surface area (Å²) >= 11 is 3.40. The van der Waals surface area contributed by atoms with E-state index in [4.69, 9.17) is 5.73 Å². The number of hydrogen-bond donors (Lipinski definition) is 1. The van der Waals surface area contributed by atoms with Crippen LogP contribution in [0.1, 0.15) is 18.1 Å². The predicted octanol–water partition coefficient (Wildman–Crippen LogP) is 3.49. The molecule has 2 N–H and O–H groups in total. The molecule has 0 aliphatic rings. The molecule has 1 aromatic heterocycles. The molecule has 0 saturated heterocycles. The van der Waals surface area contributed by atoms with E-state index < -0.39 is 0 Å². The van der Waals surface area contributed by atoms with Crippen molar-refractivity contribution in [2.24, 2.45) is 5.73 Å². The molecule has 0 saturated carbocycles. The van der Waals surface area contributed by atoms with Crippen LogP contribution < -0.4 is 5.73 Å². The lowest BCUT2D eigenvalue weighted by Crippen LogP contribution is -2.40. The minimum Gasteiger partial charge on any atom is -0.325 e. The molecule has 0 aliphatic heterocycles. The summed E-state index contributed by atoms with van der Waals surface area (Å²) in [6, 6.07) is 8.50. The molecule has 19 heavy (non-hydrogen) atoms. The van der Waals surface area contributed by atoms with Gasteiger partial charge in [0.1, 0.15) is 5.82 Å². The summed E-state index contributed by atoms with van der Waals surface area (Å²) in [6.45, 7) is 2.00. The summed E-state index contributed by atoms with van der Waals surface area (Å²) < 4.78 is 13.8. The van der Waals surface area contributed by atoms with Gasteiger partial charge in [0.2, 0.25) is 0 Å². The van der Waals surface area contributed by atoms with Gasteiger partial charge in [0.05, 0.1) is 0 Å². The maximum atomic E-state index is 12.9. The van der Waals surface area contributed by atoms with Crippen molar-refractivity contribution in [3.05, 3.63) is 64.1 Å². The molecule has 1 unspecified atom stereocenters. The quantitative estimate of drug-likeness (QED) is 0.935. The van der Waals surface area contributed by atoms with Gasteiger partial charge in [0.25, 0.3) is 0 Å². The summed E-state index contributed by atoms with van der Waals surface area (Å²) in [7, 11) is 0. The van der Waals surface area contributed by atoms with Gasteiger partial charge < -0.3 is 5.73 Å². The van der Waals surface area contributed by atoms with E-state index in [0.717, 1.165) is 22.0 Å². The van der Waals surface area contributed by atoms with E-state index in [1.807, 2.05) is 19.2 Å². The summed E-state index contributed by atoms with van der Waals surface area (Å²) in [4.78, 5) is 4.14. The summed E-state index contributed by atoms with van der Waals surface area (Å²) in [6.07, 6.45) is 4.98. The van der Waals surface area contributed by atoms with Crippen molar-refractivity contribution in [2.75, 3.05) is 0 Å². The molecule has 2 rings (SSSR count). The third kappa shape index (κ3) is 4.40. The molecule has 0 aliphatic carbocycles. The second-order valence-electron chi connectivity index (χ2n) is 5.15. The smallest absolute Gasteiger partial charge is 0.123 e. The van der Waals surface area contributed by atoms with Crippen LogP contribution in [0.2, 0.25) is 0 Å². The molecule has 2 nitrogen and oxygen atoms in total. The standard InChI is InChI=1S/C15H16BrFN2/c1-15(18,7-11-2-4-14(17)5-3-11)8-12-6-13(16)10-19-9-12/h2-6,9-10H,7-8,18H2,1H3. The monoisotopic (exact) mass is 322 g/mol. The SMILES string of the molecule is CC(N)(Cc1ccc(F)cc1)Cc1cncc(Br)c1. The summed E-state index contributed by atoms with van der Waals surface area (Å²) in [5.74, 6) is -0.223. The van der Waals surface area contributed by atoms with Crippen molar-refractivity contribution in [2.45, 2.75) is 25.3 Å². The number of rotatable bonds is 4. The highest BCUT2D eigenvalue weighted by molar-refractivity contribution is 9.10. The summed E-state index contributed by atoms with van der Waals surface area (Å²) in [5.41, 5.74) is 8.06. The van der Waals surface area contributed by atoms with E-state index in [9.17, 15) is 4.39 Å². The first-order valence-corrected chi connectivity index (χ1v) is 6.87. The lowest BCUT2D eigenvalue weighted by Gasteiger charge is -2.25. The molecule has 0 bridgehead atoms. The average Bonchev–Trinajstić information content (AvgIpc) is 2.31. The van der Waals surface area contributed by atoms with Gasteiger partial charge in [-0.3, -0.25) is 4.98 Å². The summed E-state index contributed by atoms with van der Waals surface area (Å²) in [5, 5.41) is 0. The van der Waals surface area contributed by atoms with Gasteiger partial charge in [-0.15, -0.1) is 0 Å². The zero-order chi connectivity index (χ0) is 13.9. The van der Waals surface area contributed by atoms with Gasteiger partial charge in [-0.05, 0) is 65.0 Å². The lowest BCUT2D eigenvalue weighted by atomic mass is 9.88. The highest BCUT2D eigenvalue weighted by atomic mass is 79.9. The fourth-order valence-corrected chi connectivity index (χ4v) is 2.56. The average molecular weight is 323 g/mol. The fourth-order valence-electron chi connectivity index (χ4n) is 2.15. The predicted molar refractivity (Wildman–Crippen MR) is 78.3 cm³/mol. The number of nitrogens with zero attached hydrogens (tertiary/aromatic N) is 1. The topological polar surface area (TPSA) is 38.9 Å². The van der Waals surface area contributed by atoms with Crippen LogP contribution in [-0.2, 0) is 12.8 Å². The number of pyridine rings is 1. The van der Waals surface area contributed by atoms with E-state index in [1.54, 1.807) is 18.3 Å². The van der Waals surface area contributed by atoms with Crippen LogP contribution in [0.25, 0.3) is 0 Å². The van der Waals surface area contributed by atoms with Gasteiger partial charge in [0, 0.05) is 22.4 Å². The molecular formula is C15H16BrFN2. The maximum Gasteiger partial charge on any atom is 0.123 e. The molecule has 2 aromatic rings. The zero-order valence-corrected chi connectivity index (χ0v) is 12.3. The van der Waals surface area contributed by atoms with E-state index >= 15 is 0 Å². The van der Waals surface area contributed by atoms with Crippen LogP contribution in [0.5, 0.6) is 0 Å². The molecular weight excluding hydrogens is 307 g/mol. The van der Waals surface area contributed by atoms with Gasteiger partial charge in [-0.2, -0.15) is 0 Å². The largest absolute Gasteiger partial charge is 0.325 e. The fraction of sp³-hybridized carbons (Fsp3) is 0.267. The Balaban J connectivity index is 2.07. The first-order chi connectivity index (χ1) is 8.94. The molecule has 100 valence electrons. The van der Waals surface area contributed by atoms with Crippen molar-refractivity contribution < 1.29 is 4.39 Å². The van der Waals surface area contributed by atoms with Gasteiger partial charge in [-0.25, -0.2) is 4.39 Å².